The molecule has 8 heteroatoms. The Labute approximate surface area is 181 Å². The topological polar surface area (TPSA) is 98.8 Å². The number of rotatable bonds is 6. The van der Waals surface area contributed by atoms with Gasteiger partial charge in [0.2, 0.25) is 11.8 Å². The highest BCUT2D eigenvalue weighted by Crippen LogP contribution is 2.28. The van der Waals surface area contributed by atoms with E-state index in [1.54, 1.807) is 31.2 Å². The van der Waals surface area contributed by atoms with Crippen LogP contribution < -0.4 is 10.6 Å². The van der Waals surface area contributed by atoms with Crippen LogP contribution in [0.15, 0.2) is 48.5 Å². The molecule has 3 rings (SSSR count). The summed E-state index contributed by atoms with van der Waals surface area (Å²) < 4.78 is 0. The summed E-state index contributed by atoms with van der Waals surface area (Å²) in [6.07, 6.45) is 0. The zero-order chi connectivity index (χ0) is 22.8. The van der Waals surface area contributed by atoms with E-state index in [2.05, 4.69) is 10.6 Å². The lowest BCUT2D eigenvalue weighted by atomic mass is 9.92. The van der Waals surface area contributed by atoms with Crippen LogP contribution in [0.1, 0.15) is 23.6 Å². The van der Waals surface area contributed by atoms with Gasteiger partial charge in [-0.2, -0.15) is 0 Å². The van der Waals surface area contributed by atoms with Crippen LogP contribution in [0.4, 0.5) is 10.5 Å². The fourth-order valence-corrected chi connectivity index (χ4v) is 3.56. The van der Waals surface area contributed by atoms with Crippen LogP contribution in [0.2, 0.25) is 0 Å². The highest BCUT2D eigenvalue weighted by molar-refractivity contribution is 6.09. The van der Waals surface area contributed by atoms with Gasteiger partial charge in [-0.3, -0.25) is 19.3 Å². The van der Waals surface area contributed by atoms with Crippen molar-refractivity contribution in [2.45, 2.75) is 26.3 Å². The average molecular weight is 422 g/mol. The van der Waals surface area contributed by atoms with Gasteiger partial charge in [-0.05, 0) is 37.5 Å². The summed E-state index contributed by atoms with van der Waals surface area (Å²) >= 11 is 0. The number of carbonyl (C=O) groups excluding carboxylic acids is 4. The monoisotopic (exact) mass is 422 g/mol. The molecule has 0 saturated carbocycles. The minimum atomic E-state index is -1.24. The molecule has 2 aromatic carbocycles. The van der Waals surface area contributed by atoms with Gasteiger partial charge in [0.05, 0.1) is 6.54 Å². The van der Waals surface area contributed by atoms with Crippen molar-refractivity contribution in [3.05, 3.63) is 65.2 Å². The molecule has 1 atom stereocenters. The third-order valence-corrected chi connectivity index (χ3v) is 5.47. The van der Waals surface area contributed by atoms with Gasteiger partial charge in [0.1, 0.15) is 12.1 Å². The van der Waals surface area contributed by atoms with Gasteiger partial charge in [-0.1, -0.05) is 48.5 Å². The summed E-state index contributed by atoms with van der Waals surface area (Å²) in [5, 5.41) is 5.48. The van der Waals surface area contributed by atoms with Gasteiger partial charge in [-0.15, -0.1) is 0 Å². The third-order valence-electron chi connectivity index (χ3n) is 5.47. The summed E-state index contributed by atoms with van der Waals surface area (Å²) in [6, 6.07) is 13.9. The van der Waals surface area contributed by atoms with Crippen molar-refractivity contribution >= 4 is 29.4 Å². The van der Waals surface area contributed by atoms with Gasteiger partial charge in [0, 0.05) is 12.7 Å². The number of nitrogens with zero attached hydrogens (tertiary/aromatic N) is 2. The maximum atomic E-state index is 12.9. The number of para-hydroxylation sites is 1. The summed E-state index contributed by atoms with van der Waals surface area (Å²) in [5.41, 5.74) is 1.94. The number of benzene rings is 2. The molecule has 0 aromatic heterocycles. The fourth-order valence-electron chi connectivity index (χ4n) is 3.56. The first-order valence-electron chi connectivity index (χ1n) is 9.93. The molecule has 0 bridgehead atoms. The molecule has 0 aliphatic carbocycles. The number of imide groups is 1. The van der Waals surface area contributed by atoms with Gasteiger partial charge in [0.15, 0.2) is 0 Å². The van der Waals surface area contributed by atoms with Crippen molar-refractivity contribution in [2.24, 2.45) is 0 Å². The van der Waals surface area contributed by atoms with E-state index < -0.39 is 29.9 Å². The number of aryl methyl sites for hydroxylation is 2. The zero-order valence-corrected chi connectivity index (χ0v) is 18.1. The molecule has 31 heavy (non-hydrogen) atoms. The van der Waals surface area contributed by atoms with Crippen molar-refractivity contribution in [3.63, 3.8) is 0 Å². The lowest BCUT2D eigenvalue weighted by Gasteiger charge is -2.23. The molecular formula is C23H26N4O4. The van der Waals surface area contributed by atoms with Crippen molar-refractivity contribution in [1.29, 1.82) is 0 Å². The molecule has 2 aromatic rings. The maximum absolute atomic E-state index is 12.9. The molecular weight excluding hydrogens is 396 g/mol. The van der Waals surface area contributed by atoms with Crippen LogP contribution in [0, 0.1) is 13.8 Å². The molecule has 1 heterocycles. The highest BCUT2D eigenvalue weighted by Gasteiger charge is 2.49. The summed E-state index contributed by atoms with van der Waals surface area (Å²) in [7, 11) is 1.46. The second-order valence-electron chi connectivity index (χ2n) is 7.88. The number of urea groups is 1. The van der Waals surface area contributed by atoms with Crippen LogP contribution >= 0.6 is 0 Å². The van der Waals surface area contributed by atoms with E-state index >= 15 is 0 Å². The quantitative estimate of drug-likeness (QED) is 0.697. The Bertz CT molecular complexity index is 1020. The molecule has 1 aliphatic heterocycles. The highest BCUT2D eigenvalue weighted by atomic mass is 16.2. The first-order valence-corrected chi connectivity index (χ1v) is 9.93. The summed E-state index contributed by atoms with van der Waals surface area (Å²) in [4.78, 5) is 52.5. The Morgan fingerprint density at radius 3 is 2.26 bits per heavy atom. The van der Waals surface area contributed by atoms with Crippen LogP contribution in [0.5, 0.6) is 0 Å². The predicted octanol–water partition coefficient (Wildman–Crippen LogP) is 2.17. The molecule has 0 spiro atoms. The average Bonchev–Trinajstić information content (AvgIpc) is 2.95. The second-order valence-corrected chi connectivity index (χ2v) is 7.88. The largest absolute Gasteiger partial charge is 0.335 e. The van der Waals surface area contributed by atoms with E-state index in [-0.39, 0.29) is 12.5 Å². The zero-order valence-electron chi connectivity index (χ0n) is 18.1. The van der Waals surface area contributed by atoms with Gasteiger partial charge in [-0.25, -0.2) is 4.79 Å². The standard InChI is InChI=1S/C23H26N4O4/c1-15-9-8-10-16(2)20(15)24-18(28)13-26(4)19(29)14-27-21(30)23(3,25-22(27)31)17-11-6-5-7-12-17/h5-12H,13-14H2,1-4H3,(H,24,28)(H,25,31). The number of amides is 5. The van der Waals surface area contributed by atoms with E-state index in [9.17, 15) is 19.2 Å². The Morgan fingerprint density at radius 2 is 1.65 bits per heavy atom. The Balaban J connectivity index is 1.63. The first-order chi connectivity index (χ1) is 14.6. The second kappa shape index (κ2) is 8.59. The normalized spacial score (nSPS) is 18.0. The molecule has 0 radical (unpaired) electrons. The van der Waals surface area contributed by atoms with E-state index in [4.69, 9.17) is 0 Å². The lowest BCUT2D eigenvalue weighted by molar-refractivity contribution is -0.139. The number of hydrogen-bond acceptors (Lipinski definition) is 4. The first kappa shape index (κ1) is 22.0. The predicted molar refractivity (Wildman–Crippen MR) is 116 cm³/mol. The molecule has 8 nitrogen and oxygen atoms in total. The van der Waals surface area contributed by atoms with Gasteiger partial charge in [0.25, 0.3) is 5.91 Å². The SMILES string of the molecule is Cc1cccc(C)c1NC(=O)CN(C)C(=O)CN1C(=O)NC(C)(c2ccccc2)C1=O. The van der Waals surface area contributed by atoms with Crippen molar-refractivity contribution in [1.82, 2.24) is 15.1 Å². The minimum absolute atomic E-state index is 0.202. The maximum Gasteiger partial charge on any atom is 0.325 e. The van der Waals surface area contributed by atoms with Crippen molar-refractivity contribution < 1.29 is 19.2 Å². The van der Waals surface area contributed by atoms with Crippen LogP contribution in [-0.4, -0.2) is 53.7 Å². The van der Waals surface area contributed by atoms with E-state index in [1.165, 1.54) is 11.9 Å². The Morgan fingerprint density at radius 1 is 1.03 bits per heavy atom. The van der Waals surface area contributed by atoms with Crippen LogP contribution in [0.3, 0.4) is 0 Å². The lowest BCUT2D eigenvalue weighted by Crippen LogP contribution is -2.45. The number of nitrogens with one attached hydrogen (secondary N) is 2. The van der Waals surface area contributed by atoms with Gasteiger partial charge < -0.3 is 15.5 Å². The van der Waals surface area contributed by atoms with E-state index in [0.29, 0.717) is 11.3 Å². The molecule has 2 N–H and O–H groups in total. The molecule has 1 saturated heterocycles. The summed E-state index contributed by atoms with van der Waals surface area (Å²) in [6.45, 7) is 4.73. The molecule has 1 unspecified atom stereocenters. The number of anilines is 1. The van der Waals surface area contributed by atoms with Gasteiger partial charge >= 0.3 is 6.03 Å². The number of likely N-dealkylation sites (N-methyl/N-ethyl adjacent to an activating group) is 1. The van der Waals surface area contributed by atoms with E-state index in [1.807, 2.05) is 38.1 Å². The minimum Gasteiger partial charge on any atom is -0.335 e. The smallest absolute Gasteiger partial charge is 0.325 e. The fraction of sp³-hybridized carbons (Fsp3) is 0.304. The Hall–Kier alpha value is -3.68. The summed E-state index contributed by atoms with van der Waals surface area (Å²) in [5.74, 6) is -1.39. The molecule has 1 fully saturated rings. The molecule has 1 aliphatic rings. The Kier molecular flexibility index (Phi) is 6.10. The van der Waals surface area contributed by atoms with Crippen LogP contribution in [-0.2, 0) is 19.9 Å². The number of hydrogen-bond donors (Lipinski definition) is 2. The molecule has 5 amide bonds. The van der Waals surface area contributed by atoms with Crippen molar-refractivity contribution in [3.8, 4) is 0 Å². The molecule has 162 valence electrons. The van der Waals surface area contributed by atoms with E-state index in [0.717, 1.165) is 16.0 Å². The third kappa shape index (κ3) is 4.42. The van der Waals surface area contributed by atoms with Crippen LogP contribution in [0.25, 0.3) is 0 Å². The number of carbonyl (C=O) groups is 4. The van der Waals surface area contributed by atoms with Crippen molar-refractivity contribution in [2.75, 3.05) is 25.5 Å².